The van der Waals surface area contributed by atoms with Gasteiger partial charge in [0.25, 0.3) is 0 Å². The molecule has 150 valence electrons. The summed E-state index contributed by atoms with van der Waals surface area (Å²) in [7, 11) is 0. The van der Waals surface area contributed by atoms with Crippen LogP contribution < -0.4 is 0 Å². The van der Waals surface area contributed by atoms with Crippen molar-refractivity contribution in [2.24, 2.45) is 0 Å². The van der Waals surface area contributed by atoms with E-state index in [-0.39, 0.29) is 6.61 Å². The van der Waals surface area contributed by atoms with E-state index in [2.05, 4.69) is 23.1 Å². The Hall–Kier alpha value is -1.98. The summed E-state index contributed by atoms with van der Waals surface area (Å²) in [6, 6.07) is 14.6. The lowest BCUT2D eigenvalue weighted by Gasteiger charge is -2.22. The third kappa shape index (κ3) is 3.66. The lowest BCUT2D eigenvalue weighted by atomic mass is 10.00. The van der Waals surface area contributed by atoms with Crippen molar-refractivity contribution in [3.05, 3.63) is 64.2 Å². The van der Waals surface area contributed by atoms with E-state index < -0.39 is 5.60 Å². The van der Waals surface area contributed by atoms with Crippen molar-refractivity contribution < 1.29 is 10.2 Å². The Morgan fingerprint density at radius 3 is 2.55 bits per heavy atom. The molecular weight excluding hydrogens is 384 g/mol. The maximum absolute atomic E-state index is 10.4. The van der Waals surface area contributed by atoms with Crippen LogP contribution in [0.2, 0.25) is 5.02 Å². The fraction of sp³-hybridized carbons (Fsp3) is 0.375. The molecule has 0 saturated carbocycles. The van der Waals surface area contributed by atoms with Gasteiger partial charge in [-0.1, -0.05) is 23.7 Å². The van der Waals surface area contributed by atoms with Gasteiger partial charge in [0, 0.05) is 35.6 Å². The Morgan fingerprint density at radius 2 is 1.83 bits per heavy atom. The van der Waals surface area contributed by atoms with E-state index in [9.17, 15) is 10.2 Å². The number of nitrogens with zero attached hydrogens (tertiary/aromatic N) is 2. The van der Waals surface area contributed by atoms with Crippen molar-refractivity contribution >= 4 is 22.5 Å². The molecule has 2 aliphatic rings. The molecule has 1 aliphatic carbocycles. The second-order valence-electron chi connectivity index (χ2n) is 8.51. The Balaban J connectivity index is 1.58. The number of hydrogen-bond acceptors (Lipinski definition) is 4. The molecule has 1 fully saturated rings. The molecule has 2 N–H and O–H groups in total. The number of β-amino-alcohol motifs (C(OH)–C–C–N with tert-alkyl or cyclic N) is 1. The summed E-state index contributed by atoms with van der Waals surface area (Å²) in [4.78, 5) is 7.27. The number of pyridine rings is 1. The molecular formula is C24H25ClN2O2. The molecule has 5 rings (SSSR count). The Morgan fingerprint density at radius 1 is 1.07 bits per heavy atom. The van der Waals surface area contributed by atoms with E-state index in [1.54, 1.807) is 0 Å². The topological polar surface area (TPSA) is 56.6 Å². The molecule has 0 amide bonds. The monoisotopic (exact) mass is 408 g/mol. The summed E-state index contributed by atoms with van der Waals surface area (Å²) in [6.45, 7) is 1.74. The van der Waals surface area contributed by atoms with Crippen LogP contribution in [0, 0.1) is 0 Å². The van der Waals surface area contributed by atoms with E-state index in [1.807, 2.05) is 24.3 Å². The molecule has 1 aromatic heterocycles. The maximum atomic E-state index is 10.4. The third-order valence-electron chi connectivity index (χ3n) is 6.32. The van der Waals surface area contributed by atoms with Crippen molar-refractivity contribution in [3.8, 4) is 11.3 Å². The van der Waals surface area contributed by atoms with Gasteiger partial charge in [-0.2, -0.15) is 0 Å². The van der Waals surface area contributed by atoms with Crippen LogP contribution in [0.1, 0.15) is 29.5 Å². The highest BCUT2D eigenvalue weighted by molar-refractivity contribution is 6.30. The molecule has 2 aromatic carbocycles. The molecule has 29 heavy (non-hydrogen) atoms. The first-order chi connectivity index (χ1) is 14.0. The Kier molecular flexibility index (Phi) is 4.83. The molecule has 4 nitrogen and oxygen atoms in total. The highest BCUT2D eigenvalue weighted by Gasteiger charge is 2.35. The van der Waals surface area contributed by atoms with Gasteiger partial charge in [-0.3, -0.25) is 4.90 Å². The molecule has 5 heteroatoms. The predicted molar refractivity (Wildman–Crippen MR) is 116 cm³/mol. The van der Waals surface area contributed by atoms with Crippen LogP contribution in [0.5, 0.6) is 0 Å². The van der Waals surface area contributed by atoms with Crippen LogP contribution in [0.3, 0.4) is 0 Å². The Bertz CT molecular complexity index is 1070. The number of aliphatic hydroxyl groups is 2. The number of rotatable bonds is 4. The number of benzene rings is 2. The van der Waals surface area contributed by atoms with E-state index >= 15 is 0 Å². The minimum absolute atomic E-state index is 0.199. The van der Waals surface area contributed by atoms with Gasteiger partial charge in [0.2, 0.25) is 0 Å². The van der Waals surface area contributed by atoms with Gasteiger partial charge in [-0.15, -0.1) is 0 Å². The number of fused-ring (bicyclic) bond motifs is 2. The number of aryl methyl sites for hydroxylation is 2. The van der Waals surface area contributed by atoms with Crippen molar-refractivity contribution in [2.75, 3.05) is 19.7 Å². The van der Waals surface area contributed by atoms with Gasteiger partial charge in [0.15, 0.2) is 0 Å². The number of halogens is 1. The van der Waals surface area contributed by atoms with Crippen LogP contribution in [0.25, 0.3) is 22.2 Å². The molecule has 1 unspecified atom stereocenters. The zero-order chi connectivity index (χ0) is 20.0. The maximum Gasteiger partial charge on any atom is 0.102 e. The first-order valence-electron chi connectivity index (χ1n) is 10.3. The van der Waals surface area contributed by atoms with Gasteiger partial charge in [-0.05, 0) is 72.7 Å². The quantitative estimate of drug-likeness (QED) is 0.685. The average Bonchev–Trinajstić information content (AvgIpc) is 3.33. The highest BCUT2D eigenvalue weighted by atomic mass is 35.5. The molecule has 1 aliphatic heterocycles. The fourth-order valence-electron chi connectivity index (χ4n) is 4.71. The standard InChI is InChI=1S/C24H25ClN2O2/c25-21-6-4-16(5-7-21)23-20(13-27-9-8-24(29,14-27)15-28)11-19-10-17-2-1-3-18(17)12-22(19)26-23/h4-7,10-12,28-29H,1-3,8-9,13-15H2. The lowest BCUT2D eigenvalue weighted by Crippen LogP contribution is -2.36. The van der Waals surface area contributed by atoms with Crippen molar-refractivity contribution in [3.63, 3.8) is 0 Å². The summed E-state index contributed by atoms with van der Waals surface area (Å²) in [5.41, 5.74) is 6.06. The molecule has 1 saturated heterocycles. The lowest BCUT2D eigenvalue weighted by molar-refractivity contribution is -0.00579. The number of aromatic nitrogens is 1. The SMILES string of the molecule is OCC1(O)CCN(Cc2cc3cc4c(cc3nc2-c2ccc(Cl)cc2)CCC4)C1. The summed E-state index contributed by atoms with van der Waals surface area (Å²) >= 11 is 6.10. The van der Waals surface area contributed by atoms with Crippen LogP contribution in [0.4, 0.5) is 0 Å². The molecule has 0 spiro atoms. The summed E-state index contributed by atoms with van der Waals surface area (Å²) < 4.78 is 0. The minimum Gasteiger partial charge on any atom is -0.393 e. The summed E-state index contributed by atoms with van der Waals surface area (Å²) in [6.07, 6.45) is 4.10. The molecule has 0 radical (unpaired) electrons. The number of likely N-dealkylation sites (tertiary alicyclic amines) is 1. The predicted octanol–water partition coefficient (Wildman–Crippen LogP) is 3.97. The average molecular weight is 409 g/mol. The molecule has 0 bridgehead atoms. The van der Waals surface area contributed by atoms with E-state index in [1.165, 1.54) is 22.9 Å². The van der Waals surface area contributed by atoms with Crippen molar-refractivity contribution in [1.29, 1.82) is 0 Å². The third-order valence-corrected chi connectivity index (χ3v) is 6.58. The second-order valence-corrected chi connectivity index (χ2v) is 8.95. The van der Waals surface area contributed by atoms with Crippen LogP contribution in [0.15, 0.2) is 42.5 Å². The van der Waals surface area contributed by atoms with E-state index in [0.717, 1.165) is 41.7 Å². The fourth-order valence-corrected chi connectivity index (χ4v) is 4.84. The van der Waals surface area contributed by atoms with Crippen molar-refractivity contribution in [1.82, 2.24) is 9.88 Å². The minimum atomic E-state index is -0.995. The van der Waals surface area contributed by atoms with Gasteiger partial charge in [0.1, 0.15) is 5.60 Å². The zero-order valence-corrected chi connectivity index (χ0v) is 17.1. The number of aliphatic hydroxyl groups excluding tert-OH is 1. The summed E-state index contributed by atoms with van der Waals surface area (Å²) in [5, 5.41) is 21.8. The van der Waals surface area contributed by atoms with Gasteiger partial charge >= 0.3 is 0 Å². The number of hydrogen-bond donors (Lipinski definition) is 2. The first-order valence-corrected chi connectivity index (χ1v) is 10.7. The van der Waals surface area contributed by atoms with Crippen molar-refractivity contribution in [2.45, 2.75) is 37.8 Å². The first kappa shape index (κ1) is 19.0. The van der Waals surface area contributed by atoms with E-state index in [0.29, 0.717) is 24.5 Å². The summed E-state index contributed by atoms with van der Waals surface area (Å²) in [5.74, 6) is 0. The van der Waals surface area contributed by atoms with E-state index in [4.69, 9.17) is 16.6 Å². The Labute approximate surface area is 175 Å². The highest BCUT2D eigenvalue weighted by Crippen LogP contribution is 2.33. The van der Waals surface area contributed by atoms with Crippen LogP contribution in [-0.4, -0.2) is 45.4 Å². The van der Waals surface area contributed by atoms with Crippen LogP contribution >= 0.6 is 11.6 Å². The van der Waals surface area contributed by atoms with Gasteiger partial charge < -0.3 is 10.2 Å². The zero-order valence-electron chi connectivity index (χ0n) is 16.4. The molecule has 3 aromatic rings. The van der Waals surface area contributed by atoms with Gasteiger partial charge in [-0.25, -0.2) is 4.98 Å². The second kappa shape index (κ2) is 7.37. The smallest absolute Gasteiger partial charge is 0.102 e. The van der Waals surface area contributed by atoms with Gasteiger partial charge in [0.05, 0.1) is 17.8 Å². The molecule has 1 atom stereocenters. The largest absolute Gasteiger partial charge is 0.393 e. The van der Waals surface area contributed by atoms with Crippen LogP contribution in [-0.2, 0) is 19.4 Å². The molecule has 2 heterocycles. The normalized spacial score (nSPS) is 21.8.